The van der Waals surface area contributed by atoms with E-state index in [1.54, 1.807) is 12.1 Å². The molecule has 0 atom stereocenters. The quantitative estimate of drug-likeness (QED) is 0.720. The number of ether oxygens (including phenoxy) is 1. The third-order valence-corrected chi connectivity index (χ3v) is 6.46. The first-order valence-electron chi connectivity index (χ1n) is 12.0. The smallest absolute Gasteiger partial charge is 0.253 e. The fraction of sp³-hybridized carbons (Fsp3) is 0.609. The van der Waals surface area contributed by atoms with Gasteiger partial charge >= 0.3 is 0 Å². The summed E-state index contributed by atoms with van der Waals surface area (Å²) >= 11 is 6.39. The number of hydrogen-bond acceptors (Lipinski definition) is 5. The molecule has 0 saturated carbocycles. The van der Waals surface area contributed by atoms with E-state index < -0.39 is 6.56 Å². The molecule has 164 valence electrons. The number of piperidine rings is 2. The molecule has 3 aliphatic heterocycles. The van der Waals surface area contributed by atoms with E-state index in [2.05, 4.69) is 10.6 Å². The summed E-state index contributed by atoms with van der Waals surface area (Å²) < 4.78 is 22.4. The summed E-state index contributed by atoms with van der Waals surface area (Å²) in [6.45, 7) is 3.34. The number of benzene rings is 1. The summed E-state index contributed by atoms with van der Waals surface area (Å²) in [5.41, 5.74) is 1.46. The van der Waals surface area contributed by atoms with Gasteiger partial charge in [0.15, 0.2) is 0 Å². The lowest BCUT2D eigenvalue weighted by Crippen LogP contribution is -2.40. The van der Waals surface area contributed by atoms with Crippen LogP contribution in [-0.2, 0) is 4.74 Å². The zero-order chi connectivity index (χ0) is 22.6. The molecule has 2 N–H and O–H groups in total. The zero-order valence-corrected chi connectivity index (χ0v) is 18.2. The SMILES string of the molecule is [2H]C([2H])(OCC1CCN(C(=O)c2ccc(Cl)c(N3C=CCNC3)c2)CC1)C1CCNCC1. The largest absolute Gasteiger partial charge is 0.381 e. The standard InChI is InChI=1S/C23H33ClN4O2/c24-21-3-2-20(14-22(21)28-11-1-8-26-17-28)23(29)27-12-6-19(7-13-27)16-30-15-18-4-9-25-10-5-18/h1-3,11,14,18-19,25-26H,4-10,12-13,15-17H2/i15D2. The van der Waals surface area contributed by atoms with E-state index in [1.165, 1.54) is 0 Å². The third kappa shape index (κ3) is 5.55. The molecule has 0 bridgehead atoms. The summed E-state index contributed by atoms with van der Waals surface area (Å²) in [7, 11) is 0. The van der Waals surface area contributed by atoms with Crippen LogP contribution in [0.15, 0.2) is 30.5 Å². The van der Waals surface area contributed by atoms with E-state index in [9.17, 15) is 4.79 Å². The molecule has 1 aromatic carbocycles. The Bertz CT molecular complexity index is 824. The first-order chi connectivity index (χ1) is 15.4. The van der Waals surface area contributed by atoms with Crippen LogP contribution in [0.5, 0.6) is 0 Å². The molecule has 0 spiro atoms. The van der Waals surface area contributed by atoms with Crippen molar-refractivity contribution in [2.75, 3.05) is 57.5 Å². The Morgan fingerprint density at radius 1 is 1.17 bits per heavy atom. The van der Waals surface area contributed by atoms with Gasteiger partial charge < -0.3 is 19.9 Å². The van der Waals surface area contributed by atoms with Gasteiger partial charge in [0, 0.05) is 44.6 Å². The van der Waals surface area contributed by atoms with Gasteiger partial charge in [0.1, 0.15) is 0 Å². The van der Waals surface area contributed by atoms with Crippen molar-refractivity contribution in [3.05, 3.63) is 41.1 Å². The molecule has 1 aromatic rings. The van der Waals surface area contributed by atoms with Gasteiger partial charge in [-0.25, -0.2) is 0 Å². The first-order valence-corrected chi connectivity index (χ1v) is 11.4. The Morgan fingerprint density at radius 3 is 2.70 bits per heavy atom. The molecular formula is C23H33ClN4O2. The molecule has 0 radical (unpaired) electrons. The van der Waals surface area contributed by atoms with Crippen LogP contribution in [0.4, 0.5) is 5.69 Å². The summed E-state index contributed by atoms with van der Waals surface area (Å²) in [6, 6.07) is 5.44. The lowest BCUT2D eigenvalue weighted by molar-refractivity contribution is 0.0375. The molecule has 0 aromatic heterocycles. The minimum absolute atomic E-state index is 0.0151. The number of rotatable bonds is 6. The molecule has 7 heteroatoms. The van der Waals surface area contributed by atoms with Crippen LogP contribution < -0.4 is 15.5 Å². The van der Waals surface area contributed by atoms with Crippen molar-refractivity contribution in [3.8, 4) is 0 Å². The van der Waals surface area contributed by atoms with Crippen molar-refractivity contribution in [3.63, 3.8) is 0 Å². The number of halogens is 1. The van der Waals surface area contributed by atoms with Crippen LogP contribution in [-0.4, -0.2) is 63.4 Å². The number of carbonyl (C=O) groups excluding carboxylic acids is 1. The number of hydrogen-bond donors (Lipinski definition) is 2. The van der Waals surface area contributed by atoms with E-state index in [4.69, 9.17) is 19.1 Å². The number of carbonyl (C=O) groups is 1. The average molecular weight is 435 g/mol. The number of nitrogens with one attached hydrogen (secondary N) is 2. The van der Waals surface area contributed by atoms with Gasteiger partial charge in [0.05, 0.1) is 20.1 Å². The van der Waals surface area contributed by atoms with Gasteiger partial charge in [-0.15, -0.1) is 0 Å². The summed E-state index contributed by atoms with van der Waals surface area (Å²) in [5.74, 6) is 0.247. The van der Waals surface area contributed by atoms with Gasteiger partial charge in [-0.05, 0) is 68.8 Å². The monoisotopic (exact) mass is 434 g/mol. The Morgan fingerprint density at radius 2 is 1.97 bits per heavy atom. The normalized spacial score (nSPS) is 22.7. The van der Waals surface area contributed by atoms with Crippen LogP contribution in [0.3, 0.4) is 0 Å². The number of nitrogens with zero attached hydrogens (tertiary/aromatic N) is 2. The lowest BCUT2D eigenvalue weighted by Gasteiger charge is -2.33. The van der Waals surface area contributed by atoms with Crippen molar-refractivity contribution in [1.29, 1.82) is 0 Å². The number of likely N-dealkylation sites (tertiary alicyclic amines) is 1. The highest BCUT2D eigenvalue weighted by atomic mass is 35.5. The van der Waals surface area contributed by atoms with Gasteiger partial charge in [0.2, 0.25) is 0 Å². The lowest BCUT2D eigenvalue weighted by atomic mass is 9.96. The molecule has 30 heavy (non-hydrogen) atoms. The maximum Gasteiger partial charge on any atom is 0.253 e. The number of amides is 1. The Hall–Kier alpha value is -1.60. The molecule has 3 aliphatic rings. The highest BCUT2D eigenvalue weighted by Gasteiger charge is 2.25. The van der Waals surface area contributed by atoms with Gasteiger partial charge in [-0.3, -0.25) is 10.1 Å². The minimum atomic E-state index is -1.58. The molecular weight excluding hydrogens is 400 g/mol. The molecule has 2 fully saturated rings. The second-order valence-electron chi connectivity index (χ2n) is 8.32. The summed E-state index contributed by atoms with van der Waals surface area (Å²) in [6.07, 6.45) is 7.29. The highest BCUT2D eigenvalue weighted by Crippen LogP contribution is 2.29. The van der Waals surface area contributed by atoms with Crippen LogP contribution in [0, 0.1) is 11.8 Å². The van der Waals surface area contributed by atoms with E-state index in [0.717, 1.165) is 51.0 Å². The number of anilines is 1. The van der Waals surface area contributed by atoms with Crippen molar-refractivity contribution >= 4 is 23.2 Å². The van der Waals surface area contributed by atoms with Crippen LogP contribution >= 0.6 is 11.6 Å². The molecule has 3 heterocycles. The Balaban J connectivity index is 1.30. The molecule has 0 aliphatic carbocycles. The van der Waals surface area contributed by atoms with Crippen LogP contribution in [0.2, 0.25) is 5.02 Å². The van der Waals surface area contributed by atoms with E-state index >= 15 is 0 Å². The summed E-state index contributed by atoms with van der Waals surface area (Å²) in [4.78, 5) is 17.0. The Kier molecular flexibility index (Phi) is 6.77. The molecule has 1 amide bonds. The molecule has 0 unspecified atom stereocenters. The van der Waals surface area contributed by atoms with Gasteiger partial charge in [0.25, 0.3) is 5.91 Å². The second-order valence-corrected chi connectivity index (χ2v) is 8.73. The van der Waals surface area contributed by atoms with Gasteiger partial charge in [-0.2, -0.15) is 0 Å². The van der Waals surface area contributed by atoms with E-state index in [0.29, 0.717) is 37.0 Å². The first kappa shape index (κ1) is 19.1. The highest BCUT2D eigenvalue weighted by molar-refractivity contribution is 6.33. The Labute approximate surface area is 187 Å². The predicted octanol–water partition coefficient (Wildman–Crippen LogP) is 3.09. The summed E-state index contributed by atoms with van der Waals surface area (Å²) in [5, 5.41) is 7.15. The third-order valence-electron chi connectivity index (χ3n) is 6.14. The van der Waals surface area contributed by atoms with E-state index in [-0.39, 0.29) is 17.7 Å². The average Bonchev–Trinajstić information content (AvgIpc) is 2.84. The van der Waals surface area contributed by atoms with Crippen LogP contribution in [0.1, 0.15) is 38.8 Å². The maximum atomic E-state index is 13.1. The van der Waals surface area contributed by atoms with E-state index in [1.807, 2.05) is 28.1 Å². The maximum absolute atomic E-state index is 13.1. The molecule has 2 saturated heterocycles. The van der Waals surface area contributed by atoms with Crippen molar-refractivity contribution in [2.45, 2.75) is 25.7 Å². The van der Waals surface area contributed by atoms with Crippen molar-refractivity contribution < 1.29 is 12.3 Å². The molecule has 6 nitrogen and oxygen atoms in total. The fourth-order valence-electron chi connectivity index (χ4n) is 4.24. The topological polar surface area (TPSA) is 56.8 Å². The van der Waals surface area contributed by atoms with Crippen molar-refractivity contribution in [1.82, 2.24) is 15.5 Å². The molecule has 4 rings (SSSR count). The predicted molar refractivity (Wildman–Crippen MR) is 121 cm³/mol. The van der Waals surface area contributed by atoms with Crippen LogP contribution in [0.25, 0.3) is 0 Å². The second kappa shape index (κ2) is 10.6. The van der Waals surface area contributed by atoms with Crippen molar-refractivity contribution in [2.24, 2.45) is 11.8 Å². The minimum Gasteiger partial charge on any atom is -0.381 e. The fourth-order valence-corrected chi connectivity index (χ4v) is 4.47. The zero-order valence-electron chi connectivity index (χ0n) is 19.4. The van der Waals surface area contributed by atoms with Gasteiger partial charge in [-0.1, -0.05) is 17.7 Å².